The molecule has 2 atom stereocenters. The molecule has 0 aliphatic carbocycles. The highest BCUT2D eigenvalue weighted by atomic mass is 16.2. The average molecular weight is 253 g/mol. The minimum absolute atomic E-state index is 0.00366. The van der Waals surface area contributed by atoms with Crippen molar-refractivity contribution in [3.8, 4) is 0 Å². The van der Waals surface area contributed by atoms with Gasteiger partial charge in [0.25, 0.3) is 0 Å². The van der Waals surface area contributed by atoms with Crippen LogP contribution in [0.4, 0.5) is 0 Å². The summed E-state index contributed by atoms with van der Waals surface area (Å²) in [6.45, 7) is 5.86. The number of hydrogen-bond donors (Lipinski definition) is 2. The van der Waals surface area contributed by atoms with Gasteiger partial charge in [-0.2, -0.15) is 0 Å². The number of hydrogen-bond acceptors (Lipinski definition) is 3. The van der Waals surface area contributed by atoms with Gasteiger partial charge in [-0.15, -0.1) is 0 Å². The first-order valence-electron chi connectivity index (χ1n) is 6.91. The second-order valence-corrected chi connectivity index (χ2v) is 5.54. The van der Waals surface area contributed by atoms with Gasteiger partial charge < -0.3 is 15.5 Å². The number of nitrogens with zero attached hydrogens (tertiary/aromatic N) is 1. The lowest BCUT2D eigenvalue weighted by atomic mass is 10.1. The third-order valence-corrected chi connectivity index (χ3v) is 3.78. The fourth-order valence-corrected chi connectivity index (χ4v) is 2.70. The Hall–Kier alpha value is -1.10. The Kier molecular flexibility index (Phi) is 4.22. The van der Waals surface area contributed by atoms with Crippen molar-refractivity contribution in [1.82, 2.24) is 15.5 Å². The van der Waals surface area contributed by atoms with Crippen molar-refractivity contribution in [1.29, 1.82) is 0 Å². The molecule has 0 radical (unpaired) electrons. The fraction of sp³-hybridized carbons (Fsp3) is 0.846. The molecular weight excluding hydrogens is 230 g/mol. The zero-order chi connectivity index (χ0) is 13.1. The molecular formula is C13H23N3O2. The average Bonchev–Trinajstić information content (AvgIpc) is 2.95. The number of carbonyl (C=O) groups is 2. The maximum Gasteiger partial charge on any atom is 0.245 e. The van der Waals surface area contributed by atoms with Crippen molar-refractivity contribution in [2.24, 2.45) is 0 Å². The van der Waals surface area contributed by atoms with Gasteiger partial charge in [-0.05, 0) is 39.7 Å². The number of carbonyl (C=O) groups excluding carboxylic acids is 2. The number of amides is 2. The maximum atomic E-state index is 12.4. The summed E-state index contributed by atoms with van der Waals surface area (Å²) in [4.78, 5) is 25.5. The molecule has 1 unspecified atom stereocenters. The highest BCUT2D eigenvalue weighted by Crippen LogP contribution is 2.14. The van der Waals surface area contributed by atoms with Gasteiger partial charge in [0.15, 0.2) is 0 Å². The van der Waals surface area contributed by atoms with E-state index in [4.69, 9.17) is 0 Å². The van der Waals surface area contributed by atoms with Crippen LogP contribution in [0.5, 0.6) is 0 Å². The lowest BCUT2D eigenvalue weighted by molar-refractivity contribution is -0.136. The summed E-state index contributed by atoms with van der Waals surface area (Å²) in [7, 11) is 0. The molecule has 2 aliphatic rings. The molecule has 2 heterocycles. The summed E-state index contributed by atoms with van der Waals surface area (Å²) in [6.07, 6.45) is 3.43. The van der Waals surface area contributed by atoms with E-state index in [9.17, 15) is 9.59 Å². The molecule has 102 valence electrons. The van der Waals surface area contributed by atoms with Gasteiger partial charge in [0, 0.05) is 25.0 Å². The van der Waals surface area contributed by atoms with Crippen LogP contribution in [-0.2, 0) is 9.59 Å². The standard InChI is InChI=1S/C13H23N3O2/c1-9(2)16(8-10-4-3-7-14-10)13(18)11-5-6-12(17)15-11/h9-11,14H,3-8H2,1-2H3,(H,15,17)/t10?,11-/m0/s1. The van der Waals surface area contributed by atoms with Crippen molar-refractivity contribution in [2.75, 3.05) is 13.1 Å². The minimum atomic E-state index is -0.304. The monoisotopic (exact) mass is 253 g/mol. The van der Waals surface area contributed by atoms with Crippen LogP contribution in [-0.4, -0.2) is 47.9 Å². The van der Waals surface area contributed by atoms with Crippen LogP contribution < -0.4 is 10.6 Å². The molecule has 5 nitrogen and oxygen atoms in total. The molecule has 0 aromatic heterocycles. The quantitative estimate of drug-likeness (QED) is 0.755. The summed E-state index contributed by atoms with van der Waals surface area (Å²) in [6, 6.07) is 0.284. The summed E-state index contributed by atoms with van der Waals surface area (Å²) in [5, 5.41) is 6.18. The van der Waals surface area contributed by atoms with Crippen molar-refractivity contribution >= 4 is 11.8 Å². The Morgan fingerprint density at radius 2 is 2.22 bits per heavy atom. The lowest BCUT2D eigenvalue weighted by Gasteiger charge is -2.31. The molecule has 2 aliphatic heterocycles. The summed E-state index contributed by atoms with van der Waals surface area (Å²) >= 11 is 0. The predicted octanol–water partition coefficient (Wildman–Crippen LogP) is 0.254. The van der Waals surface area contributed by atoms with Gasteiger partial charge in [0.1, 0.15) is 6.04 Å². The second-order valence-electron chi connectivity index (χ2n) is 5.54. The van der Waals surface area contributed by atoms with Crippen LogP contribution in [0.15, 0.2) is 0 Å². The van der Waals surface area contributed by atoms with Crippen LogP contribution in [0.3, 0.4) is 0 Å². The SMILES string of the molecule is CC(C)N(CC1CCCN1)C(=O)[C@@H]1CCC(=O)N1. The van der Waals surface area contributed by atoms with Crippen LogP contribution in [0.2, 0.25) is 0 Å². The first-order valence-corrected chi connectivity index (χ1v) is 6.91. The molecule has 2 amide bonds. The van der Waals surface area contributed by atoms with Gasteiger partial charge >= 0.3 is 0 Å². The van der Waals surface area contributed by atoms with Crippen molar-refractivity contribution in [3.63, 3.8) is 0 Å². The normalized spacial score (nSPS) is 27.6. The lowest BCUT2D eigenvalue weighted by Crippen LogP contribution is -2.51. The minimum Gasteiger partial charge on any atom is -0.344 e. The van der Waals surface area contributed by atoms with Crippen LogP contribution >= 0.6 is 0 Å². The van der Waals surface area contributed by atoms with E-state index in [0.717, 1.165) is 19.5 Å². The molecule has 2 fully saturated rings. The van der Waals surface area contributed by atoms with Crippen LogP contribution in [0, 0.1) is 0 Å². The molecule has 0 spiro atoms. The summed E-state index contributed by atoms with van der Waals surface area (Å²) in [5.74, 6) is 0.0700. The van der Waals surface area contributed by atoms with Crippen molar-refractivity contribution < 1.29 is 9.59 Å². The number of nitrogens with one attached hydrogen (secondary N) is 2. The Bertz CT molecular complexity index is 324. The van der Waals surface area contributed by atoms with Crippen molar-refractivity contribution in [3.05, 3.63) is 0 Å². The van der Waals surface area contributed by atoms with E-state index in [1.54, 1.807) is 0 Å². The first-order chi connectivity index (χ1) is 8.58. The highest BCUT2D eigenvalue weighted by Gasteiger charge is 2.33. The molecule has 5 heteroatoms. The molecule has 2 rings (SSSR count). The third-order valence-electron chi connectivity index (χ3n) is 3.78. The smallest absolute Gasteiger partial charge is 0.245 e. The number of rotatable bonds is 4. The van der Waals surface area contributed by atoms with E-state index in [1.807, 2.05) is 18.7 Å². The fourth-order valence-electron chi connectivity index (χ4n) is 2.70. The van der Waals surface area contributed by atoms with Gasteiger partial charge in [0.05, 0.1) is 0 Å². The van der Waals surface area contributed by atoms with E-state index in [-0.39, 0.29) is 23.9 Å². The molecule has 2 saturated heterocycles. The van der Waals surface area contributed by atoms with E-state index in [2.05, 4.69) is 10.6 Å². The zero-order valence-corrected chi connectivity index (χ0v) is 11.2. The zero-order valence-electron chi connectivity index (χ0n) is 11.2. The van der Waals surface area contributed by atoms with Crippen LogP contribution in [0.25, 0.3) is 0 Å². The van der Waals surface area contributed by atoms with Gasteiger partial charge in [-0.25, -0.2) is 0 Å². The summed E-state index contributed by atoms with van der Waals surface area (Å²) < 4.78 is 0. The highest BCUT2D eigenvalue weighted by molar-refractivity contribution is 5.90. The molecule has 0 aromatic rings. The van der Waals surface area contributed by atoms with E-state index in [1.165, 1.54) is 6.42 Å². The molecule has 0 saturated carbocycles. The molecule has 18 heavy (non-hydrogen) atoms. The van der Waals surface area contributed by atoms with E-state index in [0.29, 0.717) is 18.9 Å². The first kappa shape index (κ1) is 13.3. The van der Waals surface area contributed by atoms with Gasteiger partial charge in [-0.1, -0.05) is 0 Å². The molecule has 2 N–H and O–H groups in total. The van der Waals surface area contributed by atoms with Crippen molar-refractivity contribution in [2.45, 2.75) is 57.7 Å². The van der Waals surface area contributed by atoms with E-state index >= 15 is 0 Å². The molecule has 0 aromatic carbocycles. The van der Waals surface area contributed by atoms with Gasteiger partial charge in [-0.3, -0.25) is 9.59 Å². The second kappa shape index (κ2) is 5.69. The van der Waals surface area contributed by atoms with Gasteiger partial charge in [0.2, 0.25) is 11.8 Å². The summed E-state index contributed by atoms with van der Waals surface area (Å²) in [5.41, 5.74) is 0. The predicted molar refractivity (Wildman–Crippen MR) is 69.0 cm³/mol. The molecule has 0 bridgehead atoms. The Morgan fingerprint density at radius 1 is 1.44 bits per heavy atom. The Morgan fingerprint density at radius 3 is 2.72 bits per heavy atom. The topological polar surface area (TPSA) is 61.4 Å². The van der Waals surface area contributed by atoms with Crippen LogP contribution in [0.1, 0.15) is 39.5 Å². The third kappa shape index (κ3) is 3.02. The Labute approximate surface area is 108 Å². The Balaban J connectivity index is 1.95. The maximum absolute atomic E-state index is 12.4. The van der Waals surface area contributed by atoms with E-state index < -0.39 is 0 Å². The largest absolute Gasteiger partial charge is 0.344 e.